The lowest BCUT2D eigenvalue weighted by Crippen LogP contribution is -2.36. The van der Waals surface area contributed by atoms with E-state index in [1.165, 1.54) is 0 Å². The number of nitrogens with one attached hydrogen (secondary N) is 1. The summed E-state index contributed by atoms with van der Waals surface area (Å²) in [6.45, 7) is 12.1. The average Bonchev–Trinajstić information content (AvgIpc) is 3.46. The van der Waals surface area contributed by atoms with Crippen molar-refractivity contribution < 1.29 is 16.8 Å². The van der Waals surface area contributed by atoms with Gasteiger partial charge in [0.25, 0.3) is 0 Å². The van der Waals surface area contributed by atoms with Crippen LogP contribution in [0, 0.1) is 47.5 Å². The van der Waals surface area contributed by atoms with E-state index in [4.69, 9.17) is 0 Å². The van der Waals surface area contributed by atoms with Crippen LogP contribution in [0.4, 0.5) is 0 Å². The average molecular weight is 493 g/mol. The van der Waals surface area contributed by atoms with E-state index in [0.29, 0.717) is 39.8 Å². The Morgan fingerprint density at radius 3 is 1.70 bits per heavy atom. The Labute approximate surface area is 199 Å². The first-order valence-electron chi connectivity index (χ1n) is 11.5. The van der Waals surface area contributed by atoms with Gasteiger partial charge in [-0.3, -0.25) is 0 Å². The third-order valence-corrected chi connectivity index (χ3v) is 10.0. The maximum atomic E-state index is 13.6. The minimum atomic E-state index is -3.67. The third-order valence-electron chi connectivity index (χ3n) is 6.11. The SMILES string of the molecule is Cc1cc(C)c(S(=O)(=O)NCCCN(CC2CC2)S(=O)(=O)c2c(C)cc(C)cc2C)c(C)c1. The largest absolute Gasteiger partial charge is 0.243 e. The predicted octanol–water partition coefficient (Wildman–Crippen LogP) is 4.31. The van der Waals surface area contributed by atoms with Crippen molar-refractivity contribution in [3.05, 3.63) is 57.6 Å². The van der Waals surface area contributed by atoms with Crippen LogP contribution in [0.15, 0.2) is 34.1 Å². The Balaban J connectivity index is 1.74. The Morgan fingerprint density at radius 1 is 0.788 bits per heavy atom. The summed E-state index contributed by atoms with van der Waals surface area (Å²) in [6, 6.07) is 7.51. The van der Waals surface area contributed by atoms with Gasteiger partial charge in [-0.2, -0.15) is 4.31 Å². The van der Waals surface area contributed by atoms with Crippen molar-refractivity contribution in [2.45, 2.75) is 70.6 Å². The van der Waals surface area contributed by atoms with E-state index in [1.807, 2.05) is 52.0 Å². The molecule has 1 aliphatic rings. The molecule has 0 radical (unpaired) electrons. The second kappa shape index (κ2) is 9.86. The predicted molar refractivity (Wildman–Crippen MR) is 133 cm³/mol. The third kappa shape index (κ3) is 6.04. The summed E-state index contributed by atoms with van der Waals surface area (Å²) < 4.78 is 57.2. The summed E-state index contributed by atoms with van der Waals surface area (Å²) in [5.41, 5.74) is 4.98. The zero-order chi connectivity index (χ0) is 24.6. The quantitative estimate of drug-likeness (QED) is 0.501. The van der Waals surface area contributed by atoms with E-state index in [9.17, 15) is 16.8 Å². The Morgan fingerprint density at radius 2 is 1.24 bits per heavy atom. The molecule has 1 saturated carbocycles. The molecule has 1 N–H and O–H groups in total. The maximum absolute atomic E-state index is 13.6. The molecule has 0 spiro atoms. The van der Waals surface area contributed by atoms with Crippen LogP contribution in [0.5, 0.6) is 0 Å². The van der Waals surface area contributed by atoms with Crippen LogP contribution in [0.3, 0.4) is 0 Å². The van der Waals surface area contributed by atoms with Crippen molar-refractivity contribution in [2.75, 3.05) is 19.6 Å². The molecule has 0 amide bonds. The van der Waals surface area contributed by atoms with Crippen molar-refractivity contribution in [3.63, 3.8) is 0 Å². The summed E-state index contributed by atoms with van der Waals surface area (Å²) in [4.78, 5) is 0.682. The minimum Gasteiger partial charge on any atom is -0.211 e. The Kier molecular flexibility index (Phi) is 7.73. The van der Waals surface area contributed by atoms with Gasteiger partial charge in [0.1, 0.15) is 0 Å². The van der Waals surface area contributed by atoms with Crippen LogP contribution in [-0.4, -0.2) is 40.8 Å². The molecule has 33 heavy (non-hydrogen) atoms. The first-order chi connectivity index (χ1) is 15.3. The zero-order valence-electron chi connectivity index (χ0n) is 20.5. The second-order valence-electron chi connectivity index (χ2n) is 9.51. The number of benzene rings is 2. The molecule has 0 unspecified atom stereocenters. The van der Waals surface area contributed by atoms with Gasteiger partial charge in [0.2, 0.25) is 20.0 Å². The molecule has 8 heteroatoms. The maximum Gasteiger partial charge on any atom is 0.243 e. The fourth-order valence-corrected chi connectivity index (χ4v) is 8.21. The highest BCUT2D eigenvalue weighted by molar-refractivity contribution is 7.89. The van der Waals surface area contributed by atoms with E-state index in [0.717, 1.165) is 35.1 Å². The summed E-state index contributed by atoms with van der Waals surface area (Å²) in [5, 5.41) is 0. The molecule has 3 rings (SSSR count). The van der Waals surface area contributed by atoms with Crippen molar-refractivity contribution in [1.82, 2.24) is 9.03 Å². The number of rotatable bonds is 10. The first kappa shape index (κ1) is 25.9. The molecule has 2 aromatic carbocycles. The zero-order valence-corrected chi connectivity index (χ0v) is 22.2. The summed E-state index contributed by atoms with van der Waals surface area (Å²) in [5.74, 6) is 0.389. The van der Waals surface area contributed by atoms with Gasteiger partial charge in [0, 0.05) is 19.6 Å². The number of sulfonamides is 2. The van der Waals surface area contributed by atoms with Gasteiger partial charge in [-0.1, -0.05) is 35.4 Å². The molecule has 182 valence electrons. The molecular formula is C25H36N2O4S2. The number of nitrogens with zero attached hydrogens (tertiary/aromatic N) is 1. The second-order valence-corrected chi connectivity index (χ2v) is 13.1. The van der Waals surface area contributed by atoms with Crippen LogP contribution < -0.4 is 4.72 Å². The van der Waals surface area contributed by atoms with Crippen molar-refractivity contribution in [1.29, 1.82) is 0 Å². The standard InChI is InChI=1S/C25H36N2O4S2/c1-17-12-19(3)24(20(4)13-17)32(28,29)26-10-7-11-27(16-23-8-9-23)33(30,31)25-21(5)14-18(2)15-22(25)6/h12-15,23,26H,7-11,16H2,1-6H3. The van der Waals surface area contributed by atoms with Crippen LogP contribution in [-0.2, 0) is 20.0 Å². The molecule has 0 aliphatic heterocycles. The smallest absolute Gasteiger partial charge is 0.211 e. The van der Waals surface area contributed by atoms with Gasteiger partial charge in [-0.25, -0.2) is 21.6 Å². The summed E-state index contributed by atoms with van der Waals surface area (Å²) >= 11 is 0. The van der Waals surface area contributed by atoms with Gasteiger partial charge in [-0.15, -0.1) is 0 Å². The molecule has 1 fully saturated rings. The molecule has 2 aromatic rings. The van der Waals surface area contributed by atoms with Crippen molar-refractivity contribution >= 4 is 20.0 Å². The fourth-order valence-electron chi connectivity index (χ4n) is 4.73. The van der Waals surface area contributed by atoms with Gasteiger partial charge in [0.15, 0.2) is 0 Å². The number of hydrogen-bond acceptors (Lipinski definition) is 4. The molecular weight excluding hydrogens is 456 g/mol. The van der Waals surface area contributed by atoms with Crippen molar-refractivity contribution in [2.24, 2.45) is 5.92 Å². The lowest BCUT2D eigenvalue weighted by Gasteiger charge is -2.24. The highest BCUT2D eigenvalue weighted by atomic mass is 32.2. The number of aryl methyl sites for hydroxylation is 6. The van der Waals surface area contributed by atoms with Gasteiger partial charge in [0.05, 0.1) is 9.79 Å². The van der Waals surface area contributed by atoms with E-state index < -0.39 is 20.0 Å². The molecule has 6 nitrogen and oxygen atoms in total. The van der Waals surface area contributed by atoms with Gasteiger partial charge < -0.3 is 0 Å². The molecule has 0 aromatic heterocycles. The topological polar surface area (TPSA) is 83.6 Å². The highest BCUT2D eigenvalue weighted by Crippen LogP contribution is 2.33. The van der Waals surface area contributed by atoms with Gasteiger partial charge >= 0.3 is 0 Å². The molecule has 0 saturated heterocycles. The summed E-state index contributed by atoms with van der Waals surface area (Å²) in [7, 11) is -7.34. The van der Waals surface area contributed by atoms with E-state index in [1.54, 1.807) is 18.2 Å². The summed E-state index contributed by atoms with van der Waals surface area (Å²) in [6.07, 6.45) is 2.48. The molecule has 1 aliphatic carbocycles. The first-order valence-corrected chi connectivity index (χ1v) is 14.4. The van der Waals surface area contributed by atoms with Crippen LogP contribution >= 0.6 is 0 Å². The van der Waals surface area contributed by atoms with Crippen LogP contribution in [0.25, 0.3) is 0 Å². The van der Waals surface area contributed by atoms with E-state index >= 15 is 0 Å². The lowest BCUT2D eigenvalue weighted by atomic mass is 10.1. The lowest BCUT2D eigenvalue weighted by molar-refractivity contribution is 0.389. The molecule has 0 bridgehead atoms. The van der Waals surface area contributed by atoms with Gasteiger partial charge in [-0.05, 0) is 89.0 Å². The molecule has 0 heterocycles. The Hall–Kier alpha value is -1.74. The monoisotopic (exact) mass is 492 g/mol. The van der Waals surface area contributed by atoms with Crippen LogP contribution in [0.1, 0.15) is 52.6 Å². The number of hydrogen-bond donors (Lipinski definition) is 1. The highest BCUT2D eigenvalue weighted by Gasteiger charge is 2.33. The normalized spacial score (nSPS) is 14.8. The van der Waals surface area contributed by atoms with E-state index in [2.05, 4.69) is 4.72 Å². The fraction of sp³-hybridized carbons (Fsp3) is 0.520. The van der Waals surface area contributed by atoms with Crippen LogP contribution in [0.2, 0.25) is 0 Å². The minimum absolute atomic E-state index is 0.178. The van der Waals surface area contributed by atoms with E-state index in [-0.39, 0.29) is 13.1 Å². The van der Waals surface area contributed by atoms with Crippen molar-refractivity contribution in [3.8, 4) is 0 Å². The molecule has 0 atom stereocenters. The Bertz CT molecular complexity index is 1200.